The normalized spacial score (nSPS) is 27.3. The average Bonchev–Trinajstić information content (AvgIpc) is 3.19. The van der Waals surface area contributed by atoms with Crippen LogP contribution < -0.4 is 4.74 Å². The first-order valence-corrected chi connectivity index (χ1v) is 10.8. The zero-order chi connectivity index (χ0) is 21.0. The van der Waals surface area contributed by atoms with Gasteiger partial charge in [0.25, 0.3) is 0 Å². The van der Waals surface area contributed by atoms with E-state index in [4.69, 9.17) is 4.74 Å². The van der Waals surface area contributed by atoms with Crippen molar-refractivity contribution in [2.24, 2.45) is 11.8 Å². The van der Waals surface area contributed by atoms with E-state index in [2.05, 4.69) is 49.0 Å². The van der Waals surface area contributed by atoms with Gasteiger partial charge in [0, 0.05) is 30.2 Å². The molecule has 2 aliphatic rings. The van der Waals surface area contributed by atoms with E-state index in [-0.39, 0.29) is 23.9 Å². The molecule has 4 nitrogen and oxygen atoms in total. The van der Waals surface area contributed by atoms with Crippen molar-refractivity contribution >= 4 is 0 Å². The minimum atomic E-state index is -0.554. The van der Waals surface area contributed by atoms with Gasteiger partial charge < -0.3 is 19.8 Å². The van der Waals surface area contributed by atoms with Gasteiger partial charge in [0.15, 0.2) is 0 Å². The summed E-state index contributed by atoms with van der Waals surface area (Å²) in [6, 6.07) is 6.42. The van der Waals surface area contributed by atoms with Gasteiger partial charge in [0.2, 0.25) is 0 Å². The Bertz CT molecular complexity index is 776. The van der Waals surface area contributed by atoms with Crippen LogP contribution in [0.15, 0.2) is 30.4 Å². The van der Waals surface area contributed by atoms with Gasteiger partial charge in [0.05, 0.1) is 12.2 Å². The molecule has 1 aromatic rings. The maximum atomic E-state index is 10.6. The maximum absolute atomic E-state index is 10.6. The second kappa shape index (κ2) is 9.80. The number of hydrogen-bond acceptors (Lipinski definition) is 4. The Morgan fingerprint density at radius 1 is 1.34 bits per heavy atom. The Balaban J connectivity index is 1.74. The van der Waals surface area contributed by atoms with E-state index in [9.17, 15) is 10.2 Å². The van der Waals surface area contributed by atoms with Crippen LogP contribution in [-0.2, 0) is 6.42 Å². The lowest BCUT2D eigenvalue weighted by molar-refractivity contribution is 0.134. The quantitative estimate of drug-likeness (QED) is 0.522. The fourth-order valence-corrected chi connectivity index (χ4v) is 4.57. The SMILES string of the molecule is CC#CC[C@@H](C)[C@H](O)/C=C/[C@@H]1[C@H]2c3cccc(CCCN(C)C)c3O[C@H]2C[C@H]1O. The second-order valence-corrected chi connectivity index (χ2v) is 8.79. The lowest BCUT2D eigenvalue weighted by Crippen LogP contribution is -2.19. The summed E-state index contributed by atoms with van der Waals surface area (Å²) in [5.74, 6) is 7.13. The molecule has 0 spiro atoms. The molecule has 1 aromatic carbocycles. The summed E-state index contributed by atoms with van der Waals surface area (Å²) in [6.45, 7) is 4.87. The first kappa shape index (κ1) is 21.9. The van der Waals surface area contributed by atoms with Crippen molar-refractivity contribution in [2.75, 3.05) is 20.6 Å². The number of benzene rings is 1. The van der Waals surface area contributed by atoms with Gasteiger partial charge in [-0.2, -0.15) is 0 Å². The minimum Gasteiger partial charge on any atom is -0.489 e. The zero-order valence-corrected chi connectivity index (χ0v) is 18.1. The monoisotopic (exact) mass is 397 g/mol. The number of para-hydroxylation sites is 1. The van der Waals surface area contributed by atoms with Crippen LogP contribution in [0.5, 0.6) is 5.75 Å². The molecular weight excluding hydrogens is 362 g/mol. The fraction of sp³-hybridized carbons (Fsp3) is 0.600. The van der Waals surface area contributed by atoms with Crippen molar-refractivity contribution in [1.82, 2.24) is 4.90 Å². The standard InChI is InChI=1S/C25H35NO3/c1-5-6-9-17(2)21(27)14-13-19-22(28)16-23-24(19)20-12-7-10-18(25(20)29-23)11-8-15-26(3)4/h7,10,12-14,17,19,21-24,27-28H,8-9,11,15-16H2,1-4H3/b14-13+/t17-,19+,21-,22-,23+,24+/m1/s1. The third kappa shape index (κ3) is 5.04. The van der Waals surface area contributed by atoms with Crippen molar-refractivity contribution in [3.05, 3.63) is 41.5 Å². The predicted molar refractivity (Wildman–Crippen MR) is 117 cm³/mol. The summed E-state index contributed by atoms with van der Waals surface area (Å²) in [5.41, 5.74) is 2.48. The van der Waals surface area contributed by atoms with E-state index in [0.29, 0.717) is 12.8 Å². The van der Waals surface area contributed by atoms with Crippen molar-refractivity contribution < 1.29 is 14.9 Å². The van der Waals surface area contributed by atoms with E-state index in [1.165, 1.54) is 11.1 Å². The highest BCUT2D eigenvalue weighted by Crippen LogP contribution is 2.52. The Kier molecular flexibility index (Phi) is 7.40. The van der Waals surface area contributed by atoms with Crippen LogP contribution >= 0.6 is 0 Å². The van der Waals surface area contributed by atoms with Crippen LogP contribution in [0.1, 0.15) is 50.2 Å². The minimum absolute atomic E-state index is 0.0187. The van der Waals surface area contributed by atoms with E-state index >= 15 is 0 Å². The maximum Gasteiger partial charge on any atom is 0.126 e. The largest absolute Gasteiger partial charge is 0.489 e. The molecule has 0 bridgehead atoms. The molecule has 1 aliphatic heterocycles. The summed E-state index contributed by atoms with van der Waals surface area (Å²) in [5, 5.41) is 21.1. The molecule has 2 N–H and O–H groups in total. The van der Waals surface area contributed by atoms with Crippen molar-refractivity contribution in [1.29, 1.82) is 0 Å². The van der Waals surface area contributed by atoms with Gasteiger partial charge in [0.1, 0.15) is 11.9 Å². The Morgan fingerprint density at radius 3 is 2.86 bits per heavy atom. The van der Waals surface area contributed by atoms with E-state index in [1.807, 2.05) is 26.0 Å². The summed E-state index contributed by atoms with van der Waals surface area (Å²) in [7, 11) is 4.19. The molecule has 0 aromatic heterocycles. The summed E-state index contributed by atoms with van der Waals surface area (Å²) in [4.78, 5) is 2.20. The van der Waals surface area contributed by atoms with Crippen LogP contribution in [-0.4, -0.2) is 54.1 Å². The highest BCUT2D eigenvalue weighted by atomic mass is 16.5. The van der Waals surface area contributed by atoms with Gasteiger partial charge in [-0.3, -0.25) is 0 Å². The van der Waals surface area contributed by atoms with Gasteiger partial charge in [-0.15, -0.1) is 11.8 Å². The lowest BCUT2D eigenvalue weighted by Gasteiger charge is -2.19. The molecular formula is C25H35NO3. The molecule has 0 amide bonds. The summed E-state index contributed by atoms with van der Waals surface area (Å²) < 4.78 is 6.34. The number of rotatable bonds is 8. The first-order chi connectivity index (χ1) is 13.9. The van der Waals surface area contributed by atoms with Gasteiger partial charge in [-0.1, -0.05) is 37.3 Å². The van der Waals surface area contributed by atoms with Gasteiger partial charge >= 0.3 is 0 Å². The molecule has 0 saturated heterocycles. The van der Waals surface area contributed by atoms with Crippen LogP contribution in [0.2, 0.25) is 0 Å². The van der Waals surface area contributed by atoms with E-state index in [0.717, 1.165) is 25.1 Å². The van der Waals surface area contributed by atoms with E-state index < -0.39 is 12.2 Å². The van der Waals surface area contributed by atoms with Crippen LogP contribution in [0, 0.1) is 23.7 Å². The van der Waals surface area contributed by atoms with Crippen molar-refractivity contribution in [3.63, 3.8) is 0 Å². The predicted octanol–water partition coefficient (Wildman–Crippen LogP) is 3.37. The van der Waals surface area contributed by atoms with Crippen molar-refractivity contribution in [2.45, 2.75) is 63.8 Å². The van der Waals surface area contributed by atoms with Gasteiger partial charge in [-0.25, -0.2) is 0 Å². The molecule has 1 aliphatic carbocycles. The number of aliphatic hydroxyl groups is 2. The summed E-state index contributed by atoms with van der Waals surface area (Å²) >= 11 is 0. The third-order valence-corrected chi connectivity index (χ3v) is 6.25. The Hall–Kier alpha value is -1.80. The number of nitrogens with zero attached hydrogens (tertiary/aromatic N) is 1. The zero-order valence-electron chi connectivity index (χ0n) is 18.1. The van der Waals surface area contributed by atoms with Crippen LogP contribution in [0.4, 0.5) is 0 Å². The van der Waals surface area contributed by atoms with Crippen LogP contribution in [0.3, 0.4) is 0 Å². The fourth-order valence-electron chi connectivity index (χ4n) is 4.57. The molecule has 3 rings (SSSR count). The molecule has 158 valence electrons. The molecule has 1 heterocycles. The second-order valence-electron chi connectivity index (χ2n) is 8.79. The molecule has 6 atom stereocenters. The Morgan fingerprint density at radius 2 is 2.14 bits per heavy atom. The molecule has 4 heteroatoms. The number of ether oxygens (including phenoxy) is 1. The highest BCUT2D eigenvalue weighted by Gasteiger charge is 2.48. The third-order valence-electron chi connectivity index (χ3n) is 6.25. The number of aryl methyl sites for hydroxylation is 1. The first-order valence-electron chi connectivity index (χ1n) is 10.8. The molecule has 29 heavy (non-hydrogen) atoms. The van der Waals surface area contributed by atoms with E-state index in [1.54, 1.807) is 0 Å². The Labute approximate surface area is 175 Å². The molecule has 0 radical (unpaired) electrons. The molecule has 1 saturated carbocycles. The molecule has 0 unspecified atom stereocenters. The number of fused-ring (bicyclic) bond motifs is 3. The highest BCUT2D eigenvalue weighted by molar-refractivity contribution is 5.49. The molecule has 1 fully saturated rings. The van der Waals surface area contributed by atoms with Crippen molar-refractivity contribution in [3.8, 4) is 17.6 Å². The van der Waals surface area contributed by atoms with Crippen LogP contribution in [0.25, 0.3) is 0 Å². The average molecular weight is 398 g/mol. The number of hydrogen-bond donors (Lipinski definition) is 2. The number of aliphatic hydroxyl groups excluding tert-OH is 2. The lowest BCUT2D eigenvalue weighted by atomic mass is 9.86. The smallest absolute Gasteiger partial charge is 0.126 e. The topological polar surface area (TPSA) is 52.9 Å². The summed E-state index contributed by atoms with van der Waals surface area (Å²) in [6.07, 6.45) is 6.28. The van der Waals surface area contributed by atoms with Gasteiger partial charge in [-0.05, 0) is 51.9 Å².